The van der Waals surface area contributed by atoms with E-state index in [2.05, 4.69) is 86.1 Å². The molecule has 0 bridgehead atoms. The second kappa shape index (κ2) is 14.6. The monoisotopic (exact) mass is 631 g/mol. The van der Waals surface area contributed by atoms with Gasteiger partial charge in [-0.1, -0.05) is 53.2 Å². The average Bonchev–Trinajstić information content (AvgIpc) is 3.04. The lowest BCUT2D eigenvalue weighted by molar-refractivity contribution is 0.256. The third-order valence-electron chi connectivity index (χ3n) is 8.60. The number of fused-ring (bicyclic) bond motifs is 1. The van der Waals surface area contributed by atoms with Gasteiger partial charge in [-0.3, -0.25) is 14.7 Å². The number of anilines is 2. The molecule has 0 saturated heterocycles. The van der Waals surface area contributed by atoms with E-state index in [4.69, 9.17) is 4.74 Å². The van der Waals surface area contributed by atoms with Gasteiger partial charge in [-0.25, -0.2) is 9.78 Å². The quantitative estimate of drug-likeness (QED) is 0.151. The first-order valence-electron chi connectivity index (χ1n) is 16.5. The molecule has 244 valence electrons. The van der Waals surface area contributed by atoms with Crippen LogP contribution in [0.15, 0.2) is 77.9 Å². The average molecular weight is 632 g/mol. The molecule has 0 aliphatic carbocycles. The molecule has 0 saturated carbocycles. The molecule has 0 aliphatic heterocycles. The van der Waals surface area contributed by atoms with Gasteiger partial charge < -0.3 is 15.0 Å². The molecule has 3 aromatic heterocycles. The van der Waals surface area contributed by atoms with Crippen LogP contribution in [0.3, 0.4) is 0 Å². The first-order chi connectivity index (χ1) is 22.6. The number of benzene rings is 2. The summed E-state index contributed by atoms with van der Waals surface area (Å²) in [7, 11) is 0. The first kappa shape index (κ1) is 33.4. The van der Waals surface area contributed by atoms with Crippen molar-refractivity contribution < 1.29 is 9.53 Å². The summed E-state index contributed by atoms with van der Waals surface area (Å²) in [5.74, 6) is 1.03. The number of aryl methyl sites for hydroxylation is 2. The normalized spacial score (nSPS) is 11.3. The van der Waals surface area contributed by atoms with Gasteiger partial charge in [0.2, 0.25) is 0 Å². The highest BCUT2D eigenvalue weighted by Crippen LogP contribution is 2.38. The van der Waals surface area contributed by atoms with E-state index in [-0.39, 0.29) is 23.4 Å². The highest BCUT2D eigenvalue weighted by atomic mass is 16.5. The molecule has 0 radical (unpaired) electrons. The van der Waals surface area contributed by atoms with Crippen molar-refractivity contribution in [2.75, 3.05) is 16.8 Å². The molecule has 0 fully saturated rings. The van der Waals surface area contributed by atoms with Gasteiger partial charge >= 0.3 is 6.03 Å². The summed E-state index contributed by atoms with van der Waals surface area (Å²) in [6.45, 7) is 15.5. The van der Waals surface area contributed by atoms with Crippen molar-refractivity contribution in [3.63, 3.8) is 0 Å². The maximum Gasteiger partial charge on any atom is 0.326 e. The standard InChI is InChI=1S/C39H45N5O3/c1-8-9-18-44(35-22-29-13-11-16-41-37(29)43-38(35)45)39(46)42-36-32(24(2)3)20-30(21-33(36)25(4)5)28-12-10-14-31(19-28)47-23-34-26(6)15-17-40-27(34)7/h10-17,19-22,24-25H,8-9,18,23H2,1-7H3,(H,42,46)(H,41,43,45). The third-order valence-corrected chi connectivity index (χ3v) is 8.60. The van der Waals surface area contributed by atoms with Crippen molar-refractivity contribution in [1.29, 1.82) is 0 Å². The fourth-order valence-electron chi connectivity index (χ4n) is 5.82. The predicted octanol–water partition coefficient (Wildman–Crippen LogP) is 9.27. The summed E-state index contributed by atoms with van der Waals surface area (Å²) >= 11 is 0. The third kappa shape index (κ3) is 7.54. The van der Waals surface area contributed by atoms with Gasteiger partial charge in [0.05, 0.1) is 0 Å². The van der Waals surface area contributed by atoms with Crippen molar-refractivity contribution in [1.82, 2.24) is 15.0 Å². The summed E-state index contributed by atoms with van der Waals surface area (Å²) in [6, 6.07) is 19.6. The van der Waals surface area contributed by atoms with Gasteiger partial charge in [-0.2, -0.15) is 0 Å². The second-order valence-corrected chi connectivity index (χ2v) is 12.7. The Kier molecular flexibility index (Phi) is 10.4. The molecule has 47 heavy (non-hydrogen) atoms. The largest absolute Gasteiger partial charge is 0.489 e. The summed E-state index contributed by atoms with van der Waals surface area (Å²) in [4.78, 5) is 40.4. The minimum atomic E-state index is -0.345. The summed E-state index contributed by atoms with van der Waals surface area (Å²) in [5, 5.41) is 4.02. The van der Waals surface area contributed by atoms with E-state index in [0.29, 0.717) is 24.5 Å². The summed E-state index contributed by atoms with van der Waals surface area (Å²) in [5.41, 5.74) is 8.60. The number of unbranched alkanes of at least 4 members (excludes halogenated alkanes) is 1. The van der Waals surface area contributed by atoms with Crippen LogP contribution < -0.4 is 20.5 Å². The molecule has 2 amide bonds. The minimum Gasteiger partial charge on any atom is -0.489 e. The van der Waals surface area contributed by atoms with Crippen molar-refractivity contribution in [2.24, 2.45) is 0 Å². The predicted molar refractivity (Wildman–Crippen MR) is 192 cm³/mol. The van der Waals surface area contributed by atoms with Crippen molar-refractivity contribution in [3.05, 3.63) is 111 Å². The topological polar surface area (TPSA) is 100 Å². The Morgan fingerprint density at radius 3 is 2.34 bits per heavy atom. The van der Waals surface area contributed by atoms with Crippen LogP contribution in [0.1, 0.15) is 87.2 Å². The number of carbonyl (C=O) groups excluding carboxylic acids is 1. The molecule has 0 aliphatic rings. The van der Waals surface area contributed by atoms with E-state index < -0.39 is 0 Å². The van der Waals surface area contributed by atoms with E-state index in [1.807, 2.05) is 43.5 Å². The Morgan fingerprint density at radius 1 is 0.915 bits per heavy atom. The van der Waals surface area contributed by atoms with Gasteiger partial charge in [0.1, 0.15) is 23.7 Å². The van der Waals surface area contributed by atoms with Gasteiger partial charge in [-0.05, 0) is 108 Å². The zero-order valence-electron chi connectivity index (χ0n) is 28.5. The van der Waals surface area contributed by atoms with Crippen LogP contribution in [0.25, 0.3) is 22.2 Å². The van der Waals surface area contributed by atoms with Gasteiger partial charge in [-0.15, -0.1) is 0 Å². The van der Waals surface area contributed by atoms with Crippen molar-refractivity contribution in [3.8, 4) is 16.9 Å². The van der Waals surface area contributed by atoms with Gasteiger partial charge in [0.25, 0.3) is 5.56 Å². The fraction of sp³-hybridized carbons (Fsp3) is 0.333. The van der Waals surface area contributed by atoms with E-state index in [1.165, 1.54) is 0 Å². The lowest BCUT2D eigenvalue weighted by Crippen LogP contribution is -2.39. The lowest BCUT2D eigenvalue weighted by atomic mass is 9.88. The van der Waals surface area contributed by atoms with Crippen molar-refractivity contribution >= 4 is 28.4 Å². The Hall–Kier alpha value is -4.98. The molecule has 5 aromatic rings. The van der Waals surface area contributed by atoms with Crippen LogP contribution in [0.5, 0.6) is 5.75 Å². The number of H-pyrrole nitrogens is 1. The maximum absolute atomic E-state index is 14.1. The first-order valence-corrected chi connectivity index (χ1v) is 16.5. The number of ether oxygens (including phenoxy) is 1. The molecular weight excluding hydrogens is 586 g/mol. The molecule has 0 spiro atoms. The number of pyridine rings is 3. The molecular formula is C39H45N5O3. The number of urea groups is 1. The molecule has 8 nitrogen and oxygen atoms in total. The number of aromatic amines is 1. The Labute approximate surface area is 277 Å². The lowest BCUT2D eigenvalue weighted by Gasteiger charge is -2.27. The summed E-state index contributed by atoms with van der Waals surface area (Å²) in [6.07, 6.45) is 5.09. The van der Waals surface area contributed by atoms with E-state index in [9.17, 15) is 9.59 Å². The van der Waals surface area contributed by atoms with Crippen molar-refractivity contribution in [2.45, 2.75) is 79.8 Å². The number of aromatic nitrogens is 3. The SMILES string of the molecule is CCCCN(C(=O)Nc1c(C(C)C)cc(-c2cccc(OCc3c(C)ccnc3C)c2)cc1C(C)C)c1cc2cccnc2[nH]c1=O. The van der Waals surface area contributed by atoms with Crippen LogP contribution in [-0.4, -0.2) is 27.5 Å². The Bertz CT molecular complexity index is 1900. The number of nitrogens with zero attached hydrogens (tertiary/aromatic N) is 3. The van der Waals surface area contributed by atoms with Crippen LogP contribution in [-0.2, 0) is 6.61 Å². The molecule has 3 heterocycles. The molecule has 0 unspecified atom stereocenters. The smallest absolute Gasteiger partial charge is 0.326 e. The number of carbonyl (C=O) groups is 1. The number of amides is 2. The summed E-state index contributed by atoms with van der Waals surface area (Å²) < 4.78 is 6.25. The number of rotatable bonds is 11. The molecule has 0 atom stereocenters. The molecule has 8 heteroatoms. The molecule has 5 rings (SSSR count). The van der Waals surface area contributed by atoms with Gasteiger partial charge in [0, 0.05) is 41.3 Å². The Morgan fingerprint density at radius 2 is 1.66 bits per heavy atom. The number of hydrogen-bond donors (Lipinski definition) is 2. The maximum atomic E-state index is 14.1. The number of hydrogen-bond acceptors (Lipinski definition) is 5. The highest BCUT2D eigenvalue weighted by molar-refractivity contribution is 6.03. The van der Waals surface area contributed by atoms with Gasteiger partial charge in [0.15, 0.2) is 0 Å². The zero-order valence-corrected chi connectivity index (χ0v) is 28.5. The van der Waals surface area contributed by atoms with Crippen LogP contribution in [0.2, 0.25) is 0 Å². The zero-order chi connectivity index (χ0) is 33.7. The van der Waals surface area contributed by atoms with Crippen LogP contribution >= 0.6 is 0 Å². The van der Waals surface area contributed by atoms with Crippen LogP contribution in [0, 0.1) is 13.8 Å². The molecule has 2 aromatic carbocycles. The number of nitrogens with one attached hydrogen (secondary N) is 2. The second-order valence-electron chi connectivity index (χ2n) is 12.7. The van der Waals surface area contributed by atoms with Crippen LogP contribution in [0.4, 0.5) is 16.2 Å². The molecule has 2 N–H and O–H groups in total. The Balaban J connectivity index is 1.50. The highest BCUT2D eigenvalue weighted by Gasteiger charge is 2.24. The van der Waals surface area contributed by atoms with E-state index in [1.54, 1.807) is 17.2 Å². The van der Waals surface area contributed by atoms with E-state index >= 15 is 0 Å². The minimum absolute atomic E-state index is 0.123. The fourth-order valence-corrected chi connectivity index (χ4v) is 5.82. The van der Waals surface area contributed by atoms with E-state index in [0.717, 1.165) is 68.7 Å².